The Labute approximate surface area is 114 Å². The molecule has 100 valence electrons. The third-order valence-corrected chi connectivity index (χ3v) is 3.13. The second-order valence-electron chi connectivity index (χ2n) is 5.34. The number of ether oxygens (including phenoxy) is 1. The van der Waals surface area contributed by atoms with Gasteiger partial charge in [0, 0.05) is 6.42 Å². The van der Waals surface area contributed by atoms with Crippen molar-refractivity contribution in [3.63, 3.8) is 0 Å². The molecule has 0 saturated heterocycles. The molecule has 0 radical (unpaired) electrons. The highest BCUT2D eigenvalue weighted by Gasteiger charge is 2.13. The first-order valence-corrected chi connectivity index (χ1v) is 6.74. The molecule has 0 bridgehead atoms. The summed E-state index contributed by atoms with van der Waals surface area (Å²) in [4.78, 5) is 11.7. The number of benzene rings is 2. The zero-order chi connectivity index (χ0) is 13.8. The van der Waals surface area contributed by atoms with Crippen LogP contribution in [0.3, 0.4) is 0 Å². The number of esters is 1. The fourth-order valence-corrected chi connectivity index (χ4v) is 2.11. The van der Waals surface area contributed by atoms with Crippen LogP contribution in [0.4, 0.5) is 0 Å². The van der Waals surface area contributed by atoms with Gasteiger partial charge in [0.15, 0.2) is 0 Å². The Hall–Kier alpha value is -1.83. The van der Waals surface area contributed by atoms with Gasteiger partial charge in [0.25, 0.3) is 0 Å². The van der Waals surface area contributed by atoms with E-state index in [1.807, 2.05) is 39.0 Å². The first kappa shape index (κ1) is 13.6. The van der Waals surface area contributed by atoms with Crippen molar-refractivity contribution in [2.24, 2.45) is 5.92 Å². The van der Waals surface area contributed by atoms with Crippen LogP contribution in [0.1, 0.15) is 38.9 Å². The largest absolute Gasteiger partial charge is 0.458 e. The summed E-state index contributed by atoms with van der Waals surface area (Å²) in [5.74, 6) is 0.201. The molecule has 2 aromatic rings. The minimum absolute atomic E-state index is 0.129. The van der Waals surface area contributed by atoms with Gasteiger partial charge in [-0.3, -0.25) is 4.79 Å². The molecule has 0 aliphatic rings. The van der Waals surface area contributed by atoms with Crippen molar-refractivity contribution in [3.8, 4) is 0 Å². The average Bonchev–Trinajstić information content (AvgIpc) is 2.37. The Morgan fingerprint density at radius 1 is 1.05 bits per heavy atom. The molecule has 1 atom stereocenters. The van der Waals surface area contributed by atoms with E-state index in [9.17, 15) is 4.79 Å². The second kappa shape index (κ2) is 5.87. The Bertz CT molecular complexity index is 572. The predicted octanol–water partition coefficient (Wildman–Crippen LogP) is 4.49. The van der Waals surface area contributed by atoms with E-state index in [2.05, 4.69) is 24.3 Å². The monoisotopic (exact) mass is 256 g/mol. The van der Waals surface area contributed by atoms with E-state index in [-0.39, 0.29) is 12.1 Å². The molecule has 0 aromatic heterocycles. The summed E-state index contributed by atoms with van der Waals surface area (Å²) in [6.45, 7) is 5.95. The highest BCUT2D eigenvalue weighted by atomic mass is 16.5. The Morgan fingerprint density at radius 2 is 1.74 bits per heavy atom. The lowest BCUT2D eigenvalue weighted by molar-refractivity contribution is -0.149. The molecule has 1 unspecified atom stereocenters. The van der Waals surface area contributed by atoms with Crippen LogP contribution in [-0.4, -0.2) is 5.97 Å². The van der Waals surface area contributed by atoms with Gasteiger partial charge in [0.1, 0.15) is 6.10 Å². The van der Waals surface area contributed by atoms with Crippen LogP contribution in [0.2, 0.25) is 0 Å². The van der Waals surface area contributed by atoms with Crippen molar-refractivity contribution >= 4 is 16.7 Å². The van der Waals surface area contributed by atoms with E-state index in [4.69, 9.17) is 4.74 Å². The van der Waals surface area contributed by atoms with Gasteiger partial charge >= 0.3 is 5.97 Å². The second-order valence-corrected chi connectivity index (χ2v) is 5.34. The zero-order valence-corrected chi connectivity index (χ0v) is 11.7. The molecule has 0 heterocycles. The summed E-state index contributed by atoms with van der Waals surface area (Å²) < 4.78 is 5.46. The molecule has 0 spiro atoms. The van der Waals surface area contributed by atoms with Gasteiger partial charge in [-0.1, -0.05) is 50.2 Å². The number of rotatable bonds is 4. The van der Waals surface area contributed by atoms with Gasteiger partial charge in [0.05, 0.1) is 0 Å². The number of fused-ring (bicyclic) bond motifs is 1. The van der Waals surface area contributed by atoms with E-state index in [0.717, 1.165) is 5.56 Å². The quantitative estimate of drug-likeness (QED) is 0.753. The Kier molecular flexibility index (Phi) is 4.20. The molecular weight excluding hydrogens is 236 g/mol. The van der Waals surface area contributed by atoms with Crippen LogP contribution in [0.15, 0.2) is 42.5 Å². The van der Waals surface area contributed by atoms with Crippen molar-refractivity contribution < 1.29 is 9.53 Å². The number of hydrogen-bond donors (Lipinski definition) is 0. The van der Waals surface area contributed by atoms with E-state index in [1.165, 1.54) is 10.8 Å². The molecular formula is C17H20O2. The van der Waals surface area contributed by atoms with Crippen molar-refractivity contribution in [2.75, 3.05) is 0 Å². The van der Waals surface area contributed by atoms with Crippen LogP contribution < -0.4 is 0 Å². The third-order valence-electron chi connectivity index (χ3n) is 3.13. The van der Waals surface area contributed by atoms with Gasteiger partial charge in [-0.25, -0.2) is 0 Å². The topological polar surface area (TPSA) is 26.3 Å². The normalized spacial score (nSPS) is 12.6. The molecule has 0 amide bonds. The maximum absolute atomic E-state index is 11.7. The van der Waals surface area contributed by atoms with Gasteiger partial charge in [-0.2, -0.15) is 0 Å². The minimum Gasteiger partial charge on any atom is -0.458 e. The summed E-state index contributed by atoms with van der Waals surface area (Å²) in [5, 5.41) is 2.37. The molecule has 0 N–H and O–H groups in total. The summed E-state index contributed by atoms with van der Waals surface area (Å²) in [6, 6.07) is 14.4. The van der Waals surface area contributed by atoms with E-state index in [1.54, 1.807) is 0 Å². The van der Waals surface area contributed by atoms with Crippen LogP contribution in [0, 0.1) is 5.92 Å². The first-order chi connectivity index (χ1) is 9.06. The van der Waals surface area contributed by atoms with Crippen molar-refractivity contribution in [1.29, 1.82) is 0 Å². The summed E-state index contributed by atoms with van der Waals surface area (Å²) in [6.07, 6.45) is 0.272. The highest BCUT2D eigenvalue weighted by Crippen LogP contribution is 2.23. The lowest BCUT2D eigenvalue weighted by Gasteiger charge is -2.15. The molecule has 2 aromatic carbocycles. The Balaban J connectivity index is 2.12. The molecule has 2 nitrogen and oxygen atoms in total. The molecule has 2 heteroatoms. The number of carbonyl (C=O) groups excluding carboxylic acids is 1. The SMILES string of the molecule is CC(C)CC(=O)OC(C)c1ccc2ccccc2c1. The van der Waals surface area contributed by atoms with Crippen LogP contribution in [-0.2, 0) is 9.53 Å². The third kappa shape index (κ3) is 3.57. The Morgan fingerprint density at radius 3 is 2.42 bits per heavy atom. The fourth-order valence-electron chi connectivity index (χ4n) is 2.11. The standard InChI is InChI=1S/C17H20O2/c1-12(2)10-17(18)19-13(3)15-9-8-14-6-4-5-7-16(14)11-15/h4-9,11-13H,10H2,1-3H3. The molecule has 0 fully saturated rings. The van der Waals surface area contributed by atoms with Gasteiger partial charge in [-0.15, -0.1) is 0 Å². The van der Waals surface area contributed by atoms with Gasteiger partial charge < -0.3 is 4.74 Å². The smallest absolute Gasteiger partial charge is 0.306 e. The molecule has 0 saturated carbocycles. The highest BCUT2D eigenvalue weighted by molar-refractivity contribution is 5.83. The maximum atomic E-state index is 11.7. The fraction of sp³-hybridized carbons (Fsp3) is 0.353. The lowest BCUT2D eigenvalue weighted by atomic mass is 10.0. The number of carbonyl (C=O) groups is 1. The van der Waals surface area contributed by atoms with Crippen molar-refractivity contribution in [3.05, 3.63) is 48.0 Å². The molecule has 0 aliphatic heterocycles. The zero-order valence-electron chi connectivity index (χ0n) is 11.7. The van der Waals surface area contributed by atoms with E-state index >= 15 is 0 Å². The maximum Gasteiger partial charge on any atom is 0.306 e. The molecule has 2 rings (SSSR count). The van der Waals surface area contributed by atoms with Gasteiger partial charge in [0.2, 0.25) is 0 Å². The van der Waals surface area contributed by atoms with Crippen LogP contribution in [0.5, 0.6) is 0 Å². The molecule has 0 aliphatic carbocycles. The summed E-state index contributed by atoms with van der Waals surface area (Å²) >= 11 is 0. The van der Waals surface area contributed by atoms with Gasteiger partial charge in [-0.05, 0) is 35.2 Å². The summed E-state index contributed by atoms with van der Waals surface area (Å²) in [7, 11) is 0. The first-order valence-electron chi connectivity index (χ1n) is 6.74. The van der Waals surface area contributed by atoms with Crippen molar-refractivity contribution in [1.82, 2.24) is 0 Å². The van der Waals surface area contributed by atoms with Crippen LogP contribution >= 0.6 is 0 Å². The van der Waals surface area contributed by atoms with Crippen molar-refractivity contribution in [2.45, 2.75) is 33.3 Å². The van der Waals surface area contributed by atoms with E-state index < -0.39 is 0 Å². The lowest BCUT2D eigenvalue weighted by Crippen LogP contribution is -2.11. The minimum atomic E-state index is -0.198. The predicted molar refractivity (Wildman–Crippen MR) is 77.9 cm³/mol. The van der Waals surface area contributed by atoms with E-state index in [0.29, 0.717) is 12.3 Å². The molecule has 19 heavy (non-hydrogen) atoms. The van der Waals surface area contributed by atoms with Crippen LogP contribution in [0.25, 0.3) is 10.8 Å². The number of hydrogen-bond acceptors (Lipinski definition) is 2. The average molecular weight is 256 g/mol. The summed E-state index contributed by atoms with van der Waals surface area (Å²) in [5.41, 5.74) is 1.04.